The average molecular weight is 587 g/mol. The molecule has 0 aliphatic carbocycles. The molecule has 11 nitrogen and oxygen atoms in total. The topological polar surface area (TPSA) is 111 Å². The first-order valence-corrected chi connectivity index (χ1v) is 15.1. The summed E-state index contributed by atoms with van der Waals surface area (Å²) in [4.78, 5) is 27.1. The lowest BCUT2D eigenvalue weighted by molar-refractivity contribution is -0.109. The van der Waals surface area contributed by atoms with Gasteiger partial charge in [-0.05, 0) is 43.2 Å². The van der Waals surface area contributed by atoms with Gasteiger partial charge in [0.05, 0.1) is 41.8 Å². The zero-order valence-corrected chi connectivity index (χ0v) is 24.5. The molecule has 5 aromatic rings. The first-order valence-electron chi connectivity index (χ1n) is 15.1. The number of anilines is 1. The lowest BCUT2D eigenvalue weighted by Gasteiger charge is -2.35. The molecule has 11 heteroatoms. The van der Waals surface area contributed by atoms with Gasteiger partial charge in [0.15, 0.2) is 0 Å². The molecule has 7 rings (SSSR count). The van der Waals surface area contributed by atoms with Crippen molar-refractivity contribution in [2.75, 3.05) is 50.7 Å². The van der Waals surface area contributed by atoms with Crippen LogP contribution in [0.1, 0.15) is 30.1 Å². The molecule has 2 aliphatic rings. The minimum Gasteiger partial charge on any atom is -0.354 e. The fraction of sp³-hybridized carbons (Fsp3) is 0.333. The maximum absolute atomic E-state index is 10.9. The summed E-state index contributed by atoms with van der Waals surface area (Å²) in [5.41, 5.74) is 6.19. The van der Waals surface area contributed by atoms with Gasteiger partial charge in [-0.1, -0.05) is 6.07 Å². The van der Waals surface area contributed by atoms with Crippen LogP contribution in [0.15, 0.2) is 73.6 Å². The Morgan fingerprint density at radius 3 is 2.45 bits per heavy atom. The van der Waals surface area contributed by atoms with Crippen LogP contribution in [0.2, 0.25) is 0 Å². The average Bonchev–Trinajstić information content (AvgIpc) is 3.74. The van der Waals surface area contributed by atoms with E-state index in [9.17, 15) is 10.1 Å². The number of rotatable bonds is 8. The fourth-order valence-corrected chi connectivity index (χ4v) is 6.33. The summed E-state index contributed by atoms with van der Waals surface area (Å²) in [5.74, 6) is 0.952. The van der Waals surface area contributed by atoms with Crippen LogP contribution in [-0.4, -0.2) is 91.3 Å². The van der Waals surface area contributed by atoms with Gasteiger partial charge < -0.3 is 9.69 Å². The molecule has 44 heavy (non-hydrogen) atoms. The van der Waals surface area contributed by atoms with E-state index in [1.54, 1.807) is 10.7 Å². The molecule has 0 N–H and O–H groups in total. The van der Waals surface area contributed by atoms with Gasteiger partial charge in [-0.25, -0.2) is 9.50 Å². The normalized spacial score (nSPS) is 16.8. The largest absolute Gasteiger partial charge is 0.354 e. The van der Waals surface area contributed by atoms with Gasteiger partial charge in [-0.15, -0.1) is 0 Å². The van der Waals surface area contributed by atoms with E-state index in [0.717, 1.165) is 104 Å². The van der Waals surface area contributed by atoms with Gasteiger partial charge in [-0.3, -0.25) is 19.5 Å². The molecular weight excluding hydrogens is 552 g/mol. The van der Waals surface area contributed by atoms with Crippen LogP contribution in [0.5, 0.6) is 0 Å². The first-order chi connectivity index (χ1) is 21.7. The van der Waals surface area contributed by atoms with E-state index in [0.29, 0.717) is 18.2 Å². The van der Waals surface area contributed by atoms with Crippen LogP contribution >= 0.6 is 0 Å². The van der Waals surface area contributed by atoms with E-state index in [1.165, 1.54) is 0 Å². The molecular formula is C33H34N10O. The molecule has 0 unspecified atom stereocenters. The zero-order valence-electron chi connectivity index (χ0n) is 24.5. The Morgan fingerprint density at radius 2 is 1.73 bits per heavy atom. The summed E-state index contributed by atoms with van der Waals surface area (Å²) in [6.45, 7) is 6.85. The summed E-state index contributed by atoms with van der Waals surface area (Å²) in [5, 5.41) is 19.1. The Hall–Kier alpha value is -4.92. The van der Waals surface area contributed by atoms with Gasteiger partial charge >= 0.3 is 0 Å². The predicted octanol–water partition coefficient (Wildman–Crippen LogP) is 3.68. The minimum atomic E-state index is 0.304. The number of hydrogen-bond acceptors (Lipinski definition) is 9. The Bertz CT molecular complexity index is 1770. The number of nitriles is 1. The molecule has 2 aliphatic heterocycles. The minimum absolute atomic E-state index is 0.304. The van der Waals surface area contributed by atoms with Crippen LogP contribution in [0, 0.1) is 11.3 Å². The second-order valence-corrected chi connectivity index (χ2v) is 11.5. The molecule has 222 valence electrons. The third kappa shape index (κ3) is 5.69. The molecule has 7 heterocycles. The van der Waals surface area contributed by atoms with Crippen molar-refractivity contribution in [1.82, 2.24) is 39.2 Å². The Labute approximate surface area is 256 Å². The molecule has 5 aromatic heterocycles. The SMILES string of the molecule is N#Cc1cnn2cc(-c3cnn(C4CCN(CC=O)CC4)c3)cc(-c3ccc(N4CCN(Cc5ccccn5)CC4)nc3)c12. The molecule has 0 aromatic carbocycles. The molecule has 0 radical (unpaired) electrons. The van der Waals surface area contributed by atoms with E-state index < -0.39 is 0 Å². The van der Waals surface area contributed by atoms with Gasteiger partial charge in [0.1, 0.15) is 18.2 Å². The molecule has 0 spiro atoms. The fourth-order valence-electron chi connectivity index (χ4n) is 6.33. The second-order valence-electron chi connectivity index (χ2n) is 11.5. The third-order valence-electron chi connectivity index (χ3n) is 8.80. The lowest BCUT2D eigenvalue weighted by atomic mass is 10.0. The number of piperazine rings is 1. The number of hydrogen-bond donors (Lipinski definition) is 0. The number of likely N-dealkylation sites (tertiary alicyclic amines) is 1. The van der Waals surface area contributed by atoms with Crippen LogP contribution in [0.3, 0.4) is 0 Å². The van der Waals surface area contributed by atoms with Crippen molar-refractivity contribution in [3.63, 3.8) is 0 Å². The van der Waals surface area contributed by atoms with Crippen molar-refractivity contribution in [2.24, 2.45) is 0 Å². The summed E-state index contributed by atoms with van der Waals surface area (Å²) in [6.07, 6.45) is 14.2. The Kier molecular flexibility index (Phi) is 7.83. The van der Waals surface area contributed by atoms with Crippen molar-refractivity contribution in [3.05, 3.63) is 84.8 Å². The van der Waals surface area contributed by atoms with E-state index in [1.807, 2.05) is 41.6 Å². The standard InChI is InChI=1S/C33H34N10O/c34-18-27-20-38-43-22-26(28-21-37-42(23-28)30-6-9-39(10-7-30)15-16-44)17-31(33(27)43)25-4-5-32(36-19-25)41-13-11-40(12-14-41)24-29-3-1-2-8-35-29/h1-5,8,16-17,19-23,30H,6-7,9-15,24H2. The third-order valence-corrected chi connectivity index (χ3v) is 8.80. The highest BCUT2D eigenvalue weighted by molar-refractivity contribution is 5.87. The summed E-state index contributed by atoms with van der Waals surface area (Å²) >= 11 is 0. The smallest absolute Gasteiger partial charge is 0.133 e. The van der Waals surface area contributed by atoms with E-state index in [2.05, 4.69) is 61.3 Å². The molecule has 2 fully saturated rings. The van der Waals surface area contributed by atoms with Crippen LogP contribution in [0.25, 0.3) is 27.8 Å². The van der Waals surface area contributed by atoms with Gasteiger partial charge in [-0.2, -0.15) is 15.5 Å². The maximum atomic E-state index is 10.9. The van der Waals surface area contributed by atoms with Gasteiger partial charge in [0, 0.05) is 92.9 Å². The van der Waals surface area contributed by atoms with E-state index >= 15 is 0 Å². The highest BCUT2D eigenvalue weighted by atomic mass is 16.1. The number of pyridine rings is 3. The van der Waals surface area contributed by atoms with Crippen LogP contribution in [-0.2, 0) is 11.3 Å². The highest BCUT2D eigenvalue weighted by Crippen LogP contribution is 2.33. The number of piperidine rings is 1. The number of carbonyl (C=O) groups excluding carboxylic acids is 1. The number of fused-ring (bicyclic) bond motifs is 1. The summed E-state index contributed by atoms with van der Waals surface area (Å²) in [6, 6.07) is 14.9. The number of carbonyl (C=O) groups is 1. The Balaban J connectivity index is 1.10. The number of aromatic nitrogens is 6. The van der Waals surface area contributed by atoms with Crippen LogP contribution in [0.4, 0.5) is 5.82 Å². The maximum Gasteiger partial charge on any atom is 0.133 e. The van der Waals surface area contributed by atoms with Crippen molar-refractivity contribution < 1.29 is 4.79 Å². The summed E-state index contributed by atoms with van der Waals surface area (Å²) < 4.78 is 3.83. The lowest BCUT2D eigenvalue weighted by Crippen LogP contribution is -2.46. The predicted molar refractivity (Wildman–Crippen MR) is 167 cm³/mol. The molecule has 0 saturated carbocycles. The van der Waals surface area contributed by atoms with Crippen LogP contribution < -0.4 is 4.90 Å². The number of aldehydes is 1. The van der Waals surface area contributed by atoms with Crippen molar-refractivity contribution in [1.29, 1.82) is 5.26 Å². The number of nitrogens with zero attached hydrogens (tertiary/aromatic N) is 10. The van der Waals surface area contributed by atoms with Gasteiger partial charge in [0.2, 0.25) is 0 Å². The van der Waals surface area contributed by atoms with Crippen molar-refractivity contribution in [3.8, 4) is 28.3 Å². The van der Waals surface area contributed by atoms with E-state index in [4.69, 9.17) is 10.1 Å². The summed E-state index contributed by atoms with van der Waals surface area (Å²) in [7, 11) is 0. The quantitative estimate of drug-likeness (QED) is 0.251. The second kappa shape index (κ2) is 12.4. The highest BCUT2D eigenvalue weighted by Gasteiger charge is 2.22. The molecule has 2 saturated heterocycles. The first kappa shape index (κ1) is 27.9. The monoisotopic (exact) mass is 586 g/mol. The molecule has 0 bridgehead atoms. The Morgan fingerprint density at radius 1 is 0.864 bits per heavy atom. The van der Waals surface area contributed by atoms with Crippen molar-refractivity contribution >= 4 is 17.6 Å². The van der Waals surface area contributed by atoms with Gasteiger partial charge in [0.25, 0.3) is 0 Å². The van der Waals surface area contributed by atoms with Crippen molar-refractivity contribution in [2.45, 2.75) is 25.4 Å². The molecule has 0 amide bonds. The zero-order chi connectivity index (χ0) is 29.9. The molecule has 0 atom stereocenters. The van der Waals surface area contributed by atoms with E-state index in [-0.39, 0.29) is 0 Å².